The average Bonchev–Trinajstić information content (AvgIpc) is 1.41. The summed E-state index contributed by atoms with van der Waals surface area (Å²) in [7, 11) is 0.500. The maximum Gasteiger partial charge on any atom is 0.0785 e. The number of hydrogen-bond donors (Lipinski definition) is 0. The molecule has 0 spiro atoms. The predicted molar refractivity (Wildman–Crippen MR) is 28.0 cm³/mol. The van der Waals surface area contributed by atoms with Gasteiger partial charge in [-0.25, -0.2) is 0 Å². The van der Waals surface area contributed by atoms with Crippen molar-refractivity contribution in [3.05, 3.63) is 0 Å². The van der Waals surface area contributed by atoms with Crippen LogP contribution in [-0.2, 0) is 0 Å². The fourth-order valence-electron chi connectivity index (χ4n) is 0. The molecule has 0 aliphatic carbocycles. The second kappa shape index (κ2) is 8.97. The number of halogens is 2. The lowest BCUT2D eigenvalue weighted by Gasteiger charge is -1.76. The van der Waals surface area contributed by atoms with Crippen molar-refractivity contribution in [2.24, 2.45) is 0 Å². The Morgan fingerprint density at radius 3 is 1.33 bits per heavy atom. The zero-order chi connectivity index (χ0) is 5.58. The monoisotopic (exact) mass is 112 g/mol. The quantitative estimate of drug-likeness (QED) is 0.422. The molecule has 0 heterocycles. The maximum absolute atomic E-state index is 9.50. The molecule has 6 heavy (non-hydrogen) atoms. The first-order valence-electron chi connectivity index (χ1n) is 1.75. The molecule has 0 rings (SSSR count). The number of alkyl halides is 2. The lowest BCUT2D eigenvalue weighted by molar-refractivity contribution is 0.636. The summed E-state index contributed by atoms with van der Waals surface area (Å²) in [4.78, 5) is 0. The van der Waals surface area contributed by atoms with Crippen molar-refractivity contribution < 1.29 is 4.39 Å². The van der Waals surface area contributed by atoms with Crippen LogP contribution in [0.15, 0.2) is 0 Å². The van der Waals surface area contributed by atoms with Gasteiger partial charge in [0.05, 0.1) is 7.18 Å². The van der Waals surface area contributed by atoms with E-state index in [2.05, 4.69) is 0 Å². The van der Waals surface area contributed by atoms with Crippen molar-refractivity contribution in [3.63, 3.8) is 0 Å². The minimum Gasteiger partial charge on any atom is -0.255 e. The summed E-state index contributed by atoms with van der Waals surface area (Å²) < 4.78 is 9.50. The van der Waals surface area contributed by atoms with Gasteiger partial charge in [-0.1, -0.05) is 0 Å². The molecule has 0 fully saturated rings. The fourth-order valence-corrected chi connectivity index (χ4v) is 0. The summed E-state index contributed by atoms with van der Waals surface area (Å²) in [6, 6.07) is 0. The van der Waals surface area contributed by atoms with Gasteiger partial charge < -0.3 is 0 Å². The summed E-state index contributed by atoms with van der Waals surface area (Å²) >= 11 is 5.27. The molecule has 0 bridgehead atoms. The first-order chi connectivity index (χ1) is 2.73. The first-order valence-corrected chi connectivity index (χ1v) is 2.19. The van der Waals surface area contributed by atoms with Crippen molar-refractivity contribution in [1.82, 2.24) is 0 Å². The van der Waals surface area contributed by atoms with Gasteiger partial charge in [-0.3, -0.25) is 4.39 Å². The van der Waals surface area contributed by atoms with Gasteiger partial charge in [0.2, 0.25) is 0 Å². The van der Waals surface area contributed by atoms with Gasteiger partial charge in [-0.2, -0.15) is 0 Å². The van der Waals surface area contributed by atoms with E-state index in [4.69, 9.17) is 11.6 Å². The van der Waals surface area contributed by atoms with Crippen molar-refractivity contribution in [2.45, 2.75) is 19.2 Å². The Morgan fingerprint density at radius 2 is 1.33 bits per heavy atom. The van der Waals surface area contributed by atoms with Crippen LogP contribution in [0.5, 0.6) is 0 Å². The van der Waals surface area contributed by atoms with E-state index >= 15 is 0 Å². The molecule has 0 nitrogen and oxygen atoms in total. The van der Waals surface area contributed by atoms with Gasteiger partial charge in [0.15, 0.2) is 0 Å². The second-order valence-corrected chi connectivity index (χ2v) is 1.89. The summed E-state index contributed by atoms with van der Waals surface area (Å²) in [5.41, 5.74) is 0. The zero-order valence-electron chi connectivity index (χ0n) is 4.33. The SMILES string of the molecule is CC(C)Cl.CF. The summed E-state index contributed by atoms with van der Waals surface area (Å²) in [6.45, 7) is 3.86. The van der Waals surface area contributed by atoms with Crippen LogP contribution in [0.3, 0.4) is 0 Å². The average molecular weight is 113 g/mol. The van der Waals surface area contributed by atoms with Crippen molar-refractivity contribution >= 4 is 11.6 Å². The van der Waals surface area contributed by atoms with Gasteiger partial charge in [-0.05, 0) is 13.8 Å². The van der Waals surface area contributed by atoms with Gasteiger partial charge in [0, 0.05) is 5.38 Å². The highest BCUT2D eigenvalue weighted by Gasteiger charge is 1.71. The van der Waals surface area contributed by atoms with Gasteiger partial charge in [-0.15, -0.1) is 11.6 Å². The molecule has 0 aromatic heterocycles. The Hall–Kier alpha value is 0.220. The minimum absolute atomic E-state index is 0.306. The molecule has 0 unspecified atom stereocenters. The third-order valence-corrected chi connectivity index (χ3v) is 0. The second-order valence-electron chi connectivity index (χ2n) is 1.01. The molecule has 0 aliphatic rings. The van der Waals surface area contributed by atoms with Crippen LogP contribution in [0.1, 0.15) is 13.8 Å². The normalized spacial score (nSPS) is 7.00. The fraction of sp³-hybridized carbons (Fsp3) is 1.00. The molecule has 40 valence electrons. The molecule has 0 radical (unpaired) electrons. The van der Waals surface area contributed by atoms with Crippen LogP contribution in [0.2, 0.25) is 0 Å². The Balaban J connectivity index is 0. The molecule has 0 saturated heterocycles. The third kappa shape index (κ3) is 904. The van der Waals surface area contributed by atoms with Crippen molar-refractivity contribution in [3.8, 4) is 0 Å². The van der Waals surface area contributed by atoms with Crippen LogP contribution in [-0.4, -0.2) is 12.6 Å². The molecular weight excluding hydrogens is 102 g/mol. The van der Waals surface area contributed by atoms with Crippen molar-refractivity contribution in [2.75, 3.05) is 7.18 Å². The van der Waals surface area contributed by atoms with Crippen LogP contribution < -0.4 is 0 Å². The molecule has 2 heteroatoms. The lowest BCUT2D eigenvalue weighted by Crippen LogP contribution is -1.70. The van der Waals surface area contributed by atoms with E-state index in [0.717, 1.165) is 0 Å². The highest BCUT2D eigenvalue weighted by atomic mass is 35.5. The van der Waals surface area contributed by atoms with E-state index in [1.54, 1.807) is 0 Å². The summed E-state index contributed by atoms with van der Waals surface area (Å²) in [6.07, 6.45) is 0. The standard InChI is InChI=1S/C3H7Cl.CH3F/c1-3(2)4;1-2/h3H,1-2H3;1H3. The molecule has 0 atom stereocenters. The molecule has 0 amide bonds. The Bertz CT molecular complexity index is 12.3. The molecule has 0 saturated carbocycles. The maximum atomic E-state index is 9.50. The van der Waals surface area contributed by atoms with E-state index in [1.165, 1.54) is 0 Å². The molecule has 0 aromatic rings. The third-order valence-electron chi connectivity index (χ3n) is 0. The van der Waals surface area contributed by atoms with E-state index in [1.807, 2.05) is 13.8 Å². The number of rotatable bonds is 0. The lowest BCUT2D eigenvalue weighted by atomic mass is 10.6. The molecule has 0 aliphatic heterocycles. The highest BCUT2D eigenvalue weighted by molar-refractivity contribution is 6.20. The van der Waals surface area contributed by atoms with Crippen LogP contribution in [0.25, 0.3) is 0 Å². The van der Waals surface area contributed by atoms with Gasteiger partial charge in [0.1, 0.15) is 0 Å². The molecule has 0 N–H and O–H groups in total. The largest absolute Gasteiger partial charge is 0.255 e. The van der Waals surface area contributed by atoms with Gasteiger partial charge in [0.25, 0.3) is 0 Å². The molecule has 0 aromatic carbocycles. The van der Waals surface area contributed by atoms with Crippen LogP contribution >= 0.6 is 11.6 Å². The van der Waals surface area contributed by atoms with Gasteiger partial charge >= 0.3 is 0 Å². The Kier molecular flexibility index (Phi) is 14.2. The summed E-state index contributed by atoms with van der Waals surface area (Å²) in [5.74, 6) is 0. The topological polar surface area (TPSA) is 0 Å². The van der Waals surface area contributed by atoms with Crippen molar-refractivity contribution in [1.29, 1.82) is 0 Å². The van der Waals surface area contributed by atoms with Crippen LogP contribution in [0, 0.1) is 0 Å². The number of hydrogen-bond acceptors (Lipinski definition) is 0. The van der Waals surface area contributed by atoms with E-state index in [9.17, 15) is 4.39 Å². The highest BCUT2D eigenvalue weighted by Crippen LogP contribution is 1.84. The Morgan fingerprint density at radius 1 is 1.33 bits per heavy atom. The van der Waals surface area contributed by atoms with Crippen LogP contribution in [0.4, 0.5) is 4.39 Å². The zero-order valence-corrected chi connectivity index (χ0v) is 5.09. The molecular formula is C4H10ClF. The predicted octanol–water partition coefficient (Wildman–Crippen LogP) is 2.22. The smallest absolute Gasteiger partial charge is 0.0785 e. The van der Waals surface area contributed by atoms with E-state index in [0.29, 0.717) is 12.6 Å². The van der Waals surface area contributed by atoms with E-state index in [-0.39, 0.29) is 0 Å². The first kappa shape index (κ1) is 9.52. The summed E-state index contributed by atoms with van der Waals surface area (Å²) in [5, 5.41) is 0.306. The van der Waals surface area contributed by atoms with E-state index < -0.39 is 0 Å². The Labute approximate surface area is 43.3 Å². The minimum atomic E-state index is 0.306.